The molecule has 0 saturated carbocycles. The Morgan fingerprint density at radius 3 is 2.86 bits per heavy atom. The standard InChI is InChI=1S/C14H11BrN2O4/c15-12-4-5-14(11(7-12)8-16-18)21-9-10-2-1-3-13(6-10)17(19)20/h1-8,18H,9H2. The predicted octanol–water partition coefficient (Wildman–Crippen LogP) is 3.74. The summed E-state index contributed by atoms with van der Waals surface area (Å²) in [6.45, 7) is 0.176. The fourth-order valence-electron chi connectivity index (χ4n) is 1.73. The van der Waals surface area contributed by atoms with Crippen LogP contribution in [0, 0.1) is 10.1 Å². The molecular formula is C14H11BrN2O4. The Bertz CT molecular complexity index is 688. The maximum Gasteiger partial charge on any atom is 0.269 e. The first-order chi connectivity index (χ1) is 10.1. The number of oxime groups is 1. The Kier molecular flexibility index (Phi) is 4.89. The van der Waals surface area contributed by atoms with Gasteiger partial charge < -0.3 is 9.94 Å². The highest BCUT2D eigenvalue weighted by Gasteiger charge is 2.07. The van der Waals surface area contributed by atoms with E-state index in [4.69, 9.17) is 9.94 Å². The number of nitrogens with zero attached hydrogens (tertiary/aromatic N) is 2. The molecule has 0 radical (unpaired) electrons. The van der Waals surface area contributed by atoms with Crippen molar-refractivity contribution in [3.63, 3.8) is 0 Å². The molecule has 0 amide bonds. The molecule has 0 unspecified atom stereocenters. The summed E-state index contributed by atoms with van der Waals surface area (Å²) in [5.74, 6) is 0.516. The molecule has 0 aliphatic rings. The lowest BCUT2D eigenvalue weighted by atomic mass is 10.2. The maximum atomic E-state index is 10.7. The second-order valence-electron chi connectivity index (χ2n) is 4.14. The number of non-ortho nitro benzene ring substituents is 1. The summed E-state index contributed by atoms with van der Waals surface area (Å²) in [5.41, 5.74) is 1.29. The maximum absolute atomic E-state index is 10.7. The van der Waals surface area contributed by atoms with E-state index >= 15 is 0 Å². The lowest BCUT2D eigenvalue weighted by molar-refractivity contribution is -0.384. The summed E-state index contributed by atoms with van der Waals surface area (Å²) in [7, 11) is 0. The monoisotopic (exact) mass is 350 g/mol. The van der Waals surface area contributed by atoms with Gasteiger partial charge in [-0.25, -0.2) is 0 Å². The third-order valence-electron chi connectivity index (χ3n) is 2.68. The van der Waals surface area contributed by atoms with Gasteiger partial charge in [-0.2, -0.15) is 0 Å². The summed E-state index contributed by atoms with van der Waals surface area (Å²) >= 11 is 3.31. The molecular weight excluding hydrogens is 340 g/mol. The van der Waals surface area contributed by atoms with Crippen LogP contribution >= 0.6 is 15.9 Å². The molecule has 0 aromatic heterocycles. The van der Waals surface area contributed by atoms with Crippen LogP contribution in [-0.4, -0.2) is 16.3 Å². The van der Waals surface area contributed by atoms with Crippen LogP contribution in [0.15, 0.2) is 52.1 Å². The molecule has 0 bridgehead atoms. The van der Waals surface area contributed by atoms with Crippen molar-refractivity contribution in [2.45, 2.75) is 6.61 Å². The van der Waals surface area contributed by atoms with Gasteiger partial charge in [0.05, 0.1) is 11.1 Å². The summed E-state index contributed by atoms with van der Waals surface area (Å²) in [6.07, 6.45) is 1.26. The van der Waals surface area contributed by atoms with E-state index in [9.17, 15) is 10.1 Å². The van der Waals surface area contributed by atoms with Crippen LogP contribution in [0.25, 0.3) is 0 Å². The summed E-state index contributed by atoms with van der Waals surface area (Å²) in [6, 6.07) is 11.5. The fourth-order valence-corrected chi connectivity index (χ4v) is 2.11. The molecule has 2 aromatic rings. The highest BCUT2D eigenvalue weighted by atomic mass is 79.9. The molecule has 0 aliphatic carbocycles. The van der Waals surface area contributed by atoms with Crippen LogP contribution in [0.5, 0.6) is 5.75 Å². The largest absolute Gasteiger partial charge is 0.488 e. The number of hydrogen-bond donors (Lipinski definition) is 1. The normalized spacial score (nSPS) is 10.7. The lowest BCUT2D eigenvalue weighted by Gasteiger charge is -2.09. The van der Waals surface area contributed by atoms with Gasteiger partial charge in [0.1, 0.15) is 12.4 Å². The van der Waals surface area contributed by atoms with E-state index in [1.165, 1.54) is 18.3 Å². The van der Waals surface area contributed by atoms with Crippen LogP contribution in [0.4, 0.5) is 5.69 Å². The topological polar surface area (TPSA) is 85.0 Å². The molecule has 21 heavy (non-hydrogen) atoms. The van der Waals surface area contributed by atoms with E-state index in [0.717, 1.165) is 4.47 Å². The SMILES string of the molecule is O=[N+]([O-])c1cccc(COc2ccc(Br)cc2C=NO)c1. The van der Waals surface area contributed by atoms with Gasteiger partial charge in [0.15, 0.2) is 0 Å². The first-order valence-corrected chi connectivity index (χ1v) is 6.72. The number of nitro groups is 1. The average molecular weight is 351 g/mol. The smallest absolute Gasteiger partial charge is 0.269 e. The number of benzene rings is 2. The minimum absolute atomic E-state index is 0.0176. The van der Waals surface area contributed by atoms with Crippen LogP contribution < -0.4 is 4.74 Å². The van der Waals surface area contributed by atoms with Crippen molar-refractivity contribution in [1.82, 2.24) is 0 Å². The third-order valence-corrected chi connectivity index (χ3v) is 3.18. The molecule has 108 valence electrons. The van der Waals surface area contributed by atoms with E-state index in [0.29, 0.717) is 16.9 Å². The van der Waals surface area contributed by atoms with Crippen molar-refractivity contribution in [3.05, 3.63) is 68.2 Å². The van der Waals surface area contributed by atoms with Crippen molar-refractivity contribution in [2.75, 3.05) is 0 Å². The van der Waals surface area contributed by atoms with Gasteiger partial charge in [-0.1, -0.05) is 33.2 Å². The summed E-state index contributed by atoms with van der Waals surface area (Å²) in [4.78, 5) is 10.3. The first-order valence-electron chi connectivity index (χ1n) is 5.93. The second-order valence-corrected chi connectivity index (χ2v) is 5.06. The first kappa shape index (κ1) is 15.0. The van der Waals surface area contributed by atoms with Crippen LogP contribution in [-0.2, 0) is 6.61 Å². The van der Waals surface area contributed by atoms with Crippen molar-refractivity contribution < 1.29 is 14.9 Å². The summed E-state index contributed by atoms with van der Waals surface area (Å²) < 4.78 is 6.44. The minimum atomic E-state index is -0.451. The molecule has 0 heterocycles. The van der Waals surface area contributed by atoms with Crippen LogP contribution in [0.1, 0.15) is 11.1 Å². The molecule has 7 heteroatoms. The van der Waals surface area contributed by atoms with Gasteiger partial charge in [-0.15, -0.1) is 0 Å². The lowest BCUT2D eigenvalue weighted by Crippen LogP contribution is -1.99. The fraction of sp³-hybridized carbons (Fsp3) is 0.0714. The average Bonchev–Trinajstić information content (AvgIpc) is 2.47. The van der Waals surface area contributed by atoms with E-state index in [2.05, 4.69) is 21.1 Å². The van der Waals surface area contributed by atoms with Gasteiger partial charge >= 0.3 is 0 Å². The second kappa shape index (κ2) is 6.85. The predicted molar refractivity (Wildman–Crippen MR) is 81.0 cm³/mol. The van der Waals surface area contributed by atoms with Crippen molar-refractivity contribution in [3.8, 4) is 5.75 Å². The Morgan fingerprint density at radius 1 is 1.33 bits per heavy atom. The molecule has 0 atom stereocenters. The van der Waals surface area contributed by atoms with Crippen LogP contribution in [0.2, 0.25) is 0 Å². The number of hydrogen-bond acceptors (Lipinski definition) is 5. The molecule has 0 aliphatic heterocycles. The number of halogens is 1. The molecule has 6 nitrogen and oxygen atoms in total. The Hall–Kier alpha value is -2.41. The van der Waals surface area contributed by atoms with Gasteiger partial charge in [0.2, 0.25) is 0 Å². The van der Waals surface area contributed by atoms with Crippen molar-refractivity contribution in [2.24, 2.45) is 5.16 Å². The Morgan fingerprint density at radius 2 is 2.14 bits per heavy atom. The van der Waals surface area contributed by atoms with Crippen LogP contribution in [0.3, 0.4) is 0 Å². The van der Waals surface area contributed by atoms with E-state index in [-0.39, 0.29) is 12.3 Å². The van der Waals surface area contributed by atoms with E-state index < -0.39 is 4.92 Å². The number of ether oxygens (including phenoxy) is 1. The summed E-state index contributed by atoms with van der Waals surface area (Å²) in [5, 5.41) is 22.3. The van der Waals surface area contributed by atoms with Crippen molar-refractivity contribution in [1.29, 1.82) is 0 Å². The highest BCUT2D eigenvalue weighted by Crippen LogP contribution is 2.23. The zero-order valence-corrected chi connectivity index (χ0v) is 12.4. The van der Waals surface area contributed by atoms with Gasteiger partial charge in [0, 0.05) is 22.2 Å². The van der Waals surface area contributed by atoms with Crippen molar-refractivity contribution >= 4 is 27.8 Å². The Balaban J connectivity index is 2.16. The zero-order valence-electron chi connectivity index (χ0n) is 10.8. The Labute approximate surface area is 128 Å². The molecule has 0 spiro atoms. The zero-order chi connectivity index (χ0) is 15.2. The quantitative estimate of drug-likeness (QED) is 0.385. The molecule has 1 N–H and O–H groups in total. The van der Waals surface area contributed by atoms with Gasteiger partial charge in [-0.05, 0) is 23.8 Å². The van der Waals surface area contributed by atoms with E-state index in [1.54, 1.807) is 30.3 Å². The molecule has 2 aromatic carbocycles. The highest BCUT2D eigenvalue weighted by molar-refractivity contribution is 9.10. The van der Waals surface area contributed by atoms with Gasteiger partial charge in [-0.3, -0.25) is 10.1 Å². The minimum Gasteiger partial charge on any atom is -0.488 e. The number of nitro benzene ring substituents is 1. The molecule has 2 rings (SSSR count). The number of rotatable bonds is 5. The molecule has 0 saturated heterocycles. The van der Waals surface area contributed by atoms with Gasteiger partial charge in [0.25, 0.3) is 5.69 Å². The third kappa shape index (κ3) is 4.03. The molecule has 0 fully saturated rings. The van der Waals surface area contributed by atoms with E-state index in [1.807, 2.05) is 0 Å².